The highest BCUT2D eigenvalue weighted by Gasteiger charge is 2.41. The van der Waals surface area contributed by atoms with Crippen molar-refractivity contribution in [2.24, 2.45) is 0 Å². The number of aliphatic hydroxyl groups is 1. The Balaban J connectivity index is 2.10. The lowest BCUT2D eigenvalue weighted by Crippen LogP contribution is -2.43. The molecule has 3 nitrogen and oxygen atoms in total. The molecule has 2 aromatic carbocycles. The van der Waals surface area contributed by atoms with E-state index in [4.69, 9.17) is 4.74 Å². The highest BCUT2D eigenvalue weighted by molar-refractivity contribution is 5.45. The van der Waals surface area contributed by atoms with Crippen molar-refractivity contribution in [3.63, 3.8) is 0 Å². The zero-order chi connectivity index (χ0) is 14.7. The Morgan fingerprint density at radius 1 is 0.905 bits per heavy atom. The van der Waals surface area contributed by atoms with Crippen LogP contribution < -0.4 is 4.74 Å². The van der Waals surface area contributed by atoms with Gasteiger partial charge in [0.15, 0.2) is 5.60 Å². The second-order valence-electron chi connectivity index (χ2n) is 4.91. The van der Waals surface area contributed by atoms with Crippen LogP contribution in [-0.4, -0.2) is 16.3 Å². The summed E-state index contributed by atoms with van der Waals surface area (Å²) in [6.45, 7) is 0. The average molecular weight is 280 g/mol. The lowest BCUT2D eigenvalue weighted by molar-refractivity contribution is 0.000215. The van der Waals surface area contributed by atoms with Crippen molar-refractivity contribution in [3.8, 4) is 11.5 Å². The molecule has 2 N–H and O–H groups in total. The van der Waals surface area contributed by atoms with E-state index in [0.29, 0.717) is 11.3 Å². The van der Waals surface area contributed by atoms with Gasteiger partial charge in [-0.1, -0.05) is 54.6 Å². The van der Waals surface area contributed by atoms with Crippen LogP contribution in [0, 0.1) is 0 Å². The molecule has 0 aliphatic heterocycles. The van der Waals surface area contributed by atoms with Crippen molar-refractivity contribution in [2.45, 2.75) is 11.7 Å². The van der Waals surface area contributed by atoms with E-state index in [1.807, 2.05) is 42.5 Å². The van der Waals surface area contributed by atoms with E-state index in [9.17, 15) is 10.2 Å². The first-order valence-electron chi connectivity index (χ1n) is 6.79. The van der Waals surface area contributed by atoms with E-state index in [2.05, 4.69) is 0 Å². The Bertz CT molecular complexity index is 676. The zero-order valence-corrected chi connectivity index (χ0v) is 11.4. The van der Waals surface area contributed by atoms with Crippen LogP contribution in [0.5, 0.6) is 11.5 Å². The smallest absolute Gasteiger partial charge is 0.185 e. The maximum absolute atomic E-state index is 10.5. The molecule has 0 amide bonds. The Kier molecular flexibility index (Phi) is 3.50. The van der Waals surface area contributed by atoms with Crippen LogP contribution in [0.15, 0.2) is 78.9 Å². The highest BCUT2D eigenvalue weighted by Crippen LogP contribution is 2.39. The predicted octanol–water partition coefficient (Wildman–Crippen LogP) is 3.15. The molecule has 0 spiro atoms. The minimum atomic E-state index is -1.14. The van der Waals surface area contributed by atoms with Crippen LogP contribution in [0.2, 0.25) is 0 Å². The number of allylic oxidation sites excluding steroid dienone is 2. The summed E-state index contributed by atoms with van der Waals surface area (Å²) in [5.74, 6) is 0.715. The fraction of sp³-hybridized carbons (Fsp3) is 0.111. The topological polar surface area (TPSA) is 49.7 Å². The second-order valence-corrected chi connectivity index (χ2v) is 4.91. The van der Waals surface area contributed by atoms with Crippen LogP contribution in [0.25, 0.3) is 0 Å². The van der Waals surface area contributed by atoms with Gasteiger partial charge in [0.2, 0.25) is 0 Å². The monoisotopic (exact) mass is 280 g/mol. The maximum Gasteiger partial charge on any atom is 0.185 e. The van der Waals surface area contributed by atoms with Crippen LogP contribution in [-0.2, 0) is 5.60 Å². The Morgan fingerprint density at radius 2 is 1.62 bits per heavy atom. The van der Waals surface area contributed by atoms with Crippen LogP contribution in [0.1, 0.15) is 5.56 Å². The molecular weight excluding hydrogens is 264 g/mol. The fourth-order valence-corrected chi connectivity index (χ4v) is 2.50. The molecule has 0 fully saturated rings. The van der Waals surface area contributed by atoms with Gasteiger partial charge in [-0.25, -0.2) is 0 Å². The number of hydrogen-bond acceptors (Lipinski definition) is 3. The molecule has 1 aliphatic carbocycles. The third-order valence-electron chi connectivity index (χ3n) is 3.54. The molecule has 0 aromatic heterocycles. The molecule has 2 atom stereocenters. The number of hydrogen-bond donors (Lipinski definition) is 2. The first kappa shape index (κ1) is 13.5. The molecule has 3 rings (SSSR count). The molecule has 0 bridgehead atoms. The fourth-order valence-electron chi connectivity index (χ4n) is 2.50. The van der Waals surface area contributed by atoms with Gasteiger partial charge in [0.25, 0.3) is 0 Å². The van der Waals surface area contributed by atoms with E-state index < -0.39 is 11.7 Å². The standard InChI is InChI=1S/C18H16O3/c19-16-11-5-4-10-15(16)18(13-7-6-12-17(18)20)21-14-8-2-1-3-9-14/h1-13,17,19-20H/t17-,18-/m0/s1. The number of phenols is 1. The third kappa shape index (κ3) is 2.43. The maximum atomic E-state index is 10.5. The summed E-state index contributed by atoms with van der Waals surface area (Å²) < 4.78 is 6.07. The van der Waals surface area contributed by atoms with Crippen LogP contribution in [0.3, 0.4) is 0 Å². The Labute approximate surface area is 123 Å². The van der Waals surface area contributed by atoms with Gasteiger partial charge in [0.1, 0.15) is 17.6 Å². The minimum absolute atomic E-state index is 0.0902. The van der Waals surface area contributed by atoms with Crippen LogP contribution in [0.4, 0.5) is 0 Å². The summed E-state index contributed by atoms with van der Waals surface area (Å²) in [4.78, 5) is 0. The SMILES string of the molecule is Oc1ccccc1[C@@]1(Oc2ccccc2)C=CC=C[C@@H]1O. The summed E-state index contributed by atoms with van der Waals surface area (Å²) in [5, 5.41) is 20.7. The molecule has 2 aromatic rings. The Morgan fingerprint density at radius 3 is 2.33 bits per heavy atom. The van der Waals surface area contributed by atoms with E-state index in [1.54, 1.807) is 36.4 Å². The third-order valence-corrected chi connectivity index (χ3v) is 3.54. The number of phenolic OH excluding ortho intramolecular Hbond substituents is 1. The van der Waals surface area contributed by atoms with Gasteiger partial charge < -0.3 is 14.9 Å². The van der Waals surface area contributed by atoms with Crippen LogP contribution >= 0.6 is 0 Å². The van der Waals surface area contributed by atoms with Gasteiger partial charge in [-0.2, -0.15) is 0 Å². The van der Waals surface area contributed by atoms with Crippen molar-refractivity contribution >= 4 is 0 Å². The largest absolute Gasteiger partial charge is 0.508 e. The van der Waals surface area contributed by atoms with Gasteiger partial charge in [-0.3, -0.25) is 0 Å². The van der Waals surface area contributed by atoms with E-state index >= 15 is 0 Å². The van der Waals surface area contributed by atoms with Gasteiger partial charge in [-0.05, 0) is 24.3 Å². The van der Waals surface area contributed by atoms with Crippen molar-refractivity contribution in [1.29, 1.82) is 0 Å². The summed E-state index contributed by atoms with van der Waals surface area (Å²) in [5.41, 5.74) is -0.608. The molecule has 0 radical (unpaired) electrons. The van der Waals surface area contributed by atoms with Gasteiger partial charge in [0, 0.05) is 5.56 Å². The summed E-state index contributed by atoms with van der Waals surface area (Å²) >= 11 is 0. The molecule has 1 aliphatic rings. The van der Waals surface area contributed by atoms with E-state index in [0.717, 1.165) is 0 Å². The predicted molar refractivity (Wildman–Crippen MR) is 81.1 cm³/mol. The molecule has 21 heavy (non-hydrogen) atoms. The lowest BCUT2D eigenvalue weighted by Gasteiger charge is -2.36. The average Bonchev–Trinajstić information content (AvgIpc) is 2.51. The number of rotatable bonds is 3. The lowest BCUT2D eigenvalue weighted by atomic mass is 9.84. The summed E-state index contributed by atoms with van der Waals surface area (Å²) in [7, 11) is 0. The number of ether oxygens (including phenoxy) is 1. The minimum Gasteiger partial charge on any atom is -0.508 e. The van der Waals surface area contributed by atoms with Crippen molar-refractivity contribution < 1.29 is 14.9 Å². The summed E-state index contributed by atoms with van der Waals surface area (Å²) in [6, 6.07) is 16.2. The quantitative estimate of drug-likeness (QED) is 0.908. The number of benzene rings is 2. The number of para-hydroxylation sites is 2. The van der Waals surface area contributed by atoms with E-state index in [-0.39, 0.29) is 5.75 Å². The first-order valence-corrected chi connectivity index (χ1v) is 6.79. The van der Waals surface area contributed by atoms with Gasteiger partial charge >= 0.3 is 0 Å². The molecule has 106 valence electrons. The molecule has 0 heterocycles. The molecule has 0 saturated carbocycles. The molecule has 0 unspecified atom stereocenters. The number of aliphatic hydroxyl groups excluding tert-OH is 1. The van der Waals surface area contributed by atoms with Crippen molar-refractivity contribution in [1.82, 2.24) is 0 Å². The second kappa shape index (κ2) is 5.46. The molecule has 3 heteroatoms. The van der Waals surface area contributed by atoms with E-state index in [1.165, 1.54) is 0 Å². The number of aromatic hydroxyl groups is 1. The Hall–Kier alpha value is -2.52. The molecule has 0 saturated heterocycles. The van der Waals surface area contributed by atoms with Gasteiger partial charge in [-0.15, -0.1) is 0 Å². The van der Waals surface area contributed by atoms with Crippen molar-refractivity contribution in [3.05, 3.63) is 84.5 Å². The van der Waals surface area contributed by atoms with Crippen molar-refractivity contribution in [2.75, 3.05) is 0 Å². The first-order chi connectivity index (χ1) is 10.2. The zero-order valence-electron chi connectivity index (χ0n) is 11.4. The van der Waals surface area contributed by atoms with Gasteiger partial charge in [0.05, 0.1) is 0 Å². The summed E-state index contributed by atoms with van der Waals surface area (Å²) in [6.07, 6.45) is 6.09. The molecular formula is C18H16O3. The highest BCUT2D eigenvalue weighted by atomic mass is 16.5. The normalized spacial score (nSPS) is 24.0.